The van der Waals surface area contributed by atoms with Crippen molar-refractivity contribution in [3.8, 4) is 0 Å². The summed E-state index contributed by atoms with van der Waals surface area (Å²) in [6.45, 7) is 4.00. The quantitative estimate of drug-likeness (QED) is 0.387. The highest BCUT2D eigenvalue weighted by atomic mass is 31.1. The molecule has 0 aliphatic rings. The normalized spacial score (nSPS) is 9.12. The maximum atomic E-state index is 8.74. The zero-order valence-corrected chi connectivity index (χ0v) is 5.96. The van der Waals surface area contributed by atoms with E-state index in [0.717, 1.165) is 0 Å². The van der Waals surface area contributed by atoms with Gasteiger partial charge in [-0.1, -0.05) is 12.2 Å². The van der Waals surface area contributed by atoms with Crippen LogP contribution in [0.5, 0.6) is 0 Å². The predicted octanol–water partition coefficient (Wildman–Crippen LogP) is 0.943. The van der Waals surface area contributed by atoms with Crippen LogP contribution in [0.1, 0.15) is 13.8 Å². The second-order valence-corrected chi connectivity index (χ2v) is 1.51. The van der Waals surface area contributed by atoms with Gasteiger partial charge in [0.05, 0.1) is 0 Å². The lowest BCUT2D eigenvalue weighted by Crippen LogP contribution is -1.38. The summed E-state index contributed by atoms with van der Waals surface area (Å²) >= 11 is 0. The zero-order valence-electron chi connectivity index (χ0n) is 4.96. The van der Waals surface area contributed by atoms with Gasteiger partial charge in [-0.15, -0.1) is 0 Å². The van der Waals surface area contributed by atoms with Crippen LogP contribution in [0.4, 0.5) is 0 Å². The molecule has 4 heteroatoms. The van der Waals surface area contributed by atoms with Crippen molar-refractivity contribution in [2.45, 2.75) is 13.8 Å². The molecule has 0 saturated carbocycles. The molecule has 0 unspecified atom stereocenters. The number of hydrogen-bond acceptors (Lipinski definition) is 1. The summed E-state index contributed by atoms with van der Waals surface area (Å²) in [4.78, 5) is 14.3. The van der Waals surface area contributed by atoms with Gasteiger partial charge in [-0.3, -0.25) is 4.57 Å². The molecule has 0 aliphatic heterocycles. The van der Waals surface area contributed by atoms with Crippen molar-refractivity contribution >= 4 is 8.25 Å². The van der Waals surface area contributed by atoms with Crippen molar-refractivity contribution in [1.29, 1.82) is 0 Å². The molecule has 0 aliphatic carbocycles. The van der Waals surface area contributed by atoms with Gasteiger partial charge in [-0.05, 0) is 13.8 Å². The summed E-state index contributed by atoms with van der Waals surface area (Å²) in [5.41, 5.74) is 0. The van der Waals surface area contributed by atoms with E-state index in [4.69, 9.17) is 14.4 Å². The smallest absolute Gasteiger partial charge is 0.314 e. The third kappa shape index (κ3) is 178. The lowest BCUT2D eigenvalue weighted by Gasteiger charge is -1.61. The SMILES string of the molecule is CC=CC.O=[PH](O)O. The van der Waals surface area contributed by atoms with Crippen LogP contribution in [0.2, 0.25) is 0 Å². The average Bonchev–Trinajstić information content (AvgIpc) is 1.65. The Hall–Kier alpha value is -0.110. The Morgan fingerprint density at radius 1 is 1.25 bits per heavy atom. The van der Waals surface area contributed by atoms with Crippen LogP contribution >= 0.6 is 8.25 Å². The van der Waals surface area contributed by atoms with Crippen LogP contribution in [-0.4, -0.2) is 9.79 Å². The fourth-order valence-electron chi connectivity index (χ4n) is 0. The molecule has 0 atom stereocenters. The monoisotopic (exact) mass is 138 g/mol. The lowest BCUT2D eigenvalue weighted by atomic mass is 10.6. The average molecular weight is 138 g/mol. The van der Waals surface area contributed by atoms with E-state index in [0.29, 0.717) is 0 Å². The Labute approximate surface area is 49.6 Å². The molecule has 0 saturated heterocycles. The molecule has 0 aromatic carbocycles. The highest BCUT2D eigenvalue weighted by molar-refractivity contribution is 7.30. The van der Waals surface area contributed by atoms with E-state index in [-0.39, 0.29) is 0 Å². The molecule has 0 aromatic rings. The molecule has 50 valence electrons. The Bertz CT molecular complexity index is 71.4. The van der Waals surface area contributed by atoms with Gasteiger partial charge in [0.15, 0.2) is 0 Å². The van der Waals surface area contributed by atoms with Crippen molar-refractivity contribution in [3.05, 3.63) is 12.2 Å². The van der Waals surface area contributed by atoms with Gasteiger partial charge >= 0.3 is 8.25 Å². The van der Waals surface area contributed by atoms with Crippen LogP contribution < -0.4 is 0 Å². The lowest BCUT2D eigenvalue weighted by molar-refractivity contribution is 0.405. The predicted molar refractivity (Wildman–Crippen MR) is 33.9 cm³/mol. The van der Waals surface area contributed by atoms with E-state index in [1.54, 1.807) is 0 Å². The summed E-state index contributed by atoms with van der Waals surface area (Å²) in [5.74, 6) is 0. The van der Waals surface area contributed by atoms with Gasteiger partial charge in [0, 0.05) is 0 Å². The molecule has 2 N–H and O–H groups in total. The van der Waals surface area contributed by atoms with Crippen molar-refractivity contribution in [2.75, 3.05) is 0 Å². The zero-order chi connectivity index (χ0) is 6.99. The standard InChI is InChI=1S/C4H8.H3O3P/c1-3-4-2;1-4(2)3/h3-4H,1-2H3;4H,(H2,1,2,3). The third-order valence-corrected chi connectivity index (χ3v) is 0.333. The van der Waals surface area contributed by atoms with E-state index in [1.807, 2.05) is 26.0 Å². The molecule has 0 spiro atoms. The van der Waals surface area contributed by atoms with E-state index in [1.165, 1.54) is 0 Å². The fraction of sp³-hybridized carbons (Fsp3) is 0.500. The van der Waals surface area contributed by atoms with Crippen molar-refractivity contribution in [2.24, 2.45) is 0 Å². The molecule has 0 bridgehead atoms. The molecular formula is C4H11O3P. The summed E-state index contributed by atoms with van der Waals surface area (Å²) < 4.78 is 8.74. The minimum Gasteiger partial charge on any atom is -0.326 e. The molecule has 0 aromatic heterocycles. The molecule has 0 fully saturated rings. The van der Waals surface area contributed by atoms with Gasteiger partial charge in [-0.25, -0.2) is 0 Å². The fourth-order valence-corrected chi connectivity index (χ4v) is 0. The third-order valence-electron chi connectivity index (χ3n) is 0.333. The van der Waals surface area contributed by atoms with Crippen molar-refractivity contribution in [1.82, 2.24) is 0 Å². The minimum atomic E-state index is -3.13. The second kappa shape index (κ2) is 10.00. The van der Waals surface area contributed by atoms with Crippen molar-refractivity contribution in [3.63, 3.8) is 0 Å². The maximum absolute atomic E-state index is 8.74. The first-order chi connectivity index (χ1) is 3.65. The Balaban J connectivity index is 0. The number of allylic oxidation sites excluding steroid dienone is 2. The number of hydrogen-bond donors (Lipinski definition) is 2. The first-order valence-electron chi connectivity index (χ1n) is 2.14. The van der Waals surface area contributed by atoms with Gasteiger partial charge in [0.2, 0.25) is 0 Å². The number of rotatable bonds is 0. The Morgan fingerprint density at radius 3 is 1.38 bits per heavy atom. The van der Waals surface area contributed by atoms with Gasteiger partial charge in [0.25, 0.3) is 0 Å². The molecule has 0 rings (SSSR count). The molecule has 0 heterocycles. The van der Waals surface area contributed by atoms with Crippen LogP contribution in [0.25, 0.3) is 0 Å². The highest BCUT2D eigenvalue weighted by Crippen LogP contribution is 1.98. The van der Waals surface area contributed by atoms with Gasteiger partial charge in [-0.2, -0.15) is 0 Å². The van der Waals surface area contributed by atoms with Crippen molar-refractivity contribution < 1.29 is 14.4 Å². The summed E-state index contributed by atoms with van der Waals surface area (Å²) in [6, 6.07) is 0. The molecular weight excluding hydrogens is 127 g/mol. The van der Waals surface area contributed by atoms with Crippen LogP contribution in [0.3, 0.4) is 0 Å². The summed E-state index contributed by atoms with van der Waals surface area (Å²) in [6.07, 6.45) is 4.00. The molecule has 8 heavy (non-hydrogen) atoms. The Kier molecular flexibility index (Phi) is 13.5. The van der Waals surface area contributed by atoms with Crippen LogP contribution in [0, 0.1) is 0 Å². The van der Waals surface area contributed by atoms with Crippen LogP contribution in [-0.2, 0) is 4.57 Å². The highest BCUT2D eigenvalue weighted by Gasteiger charge is 1.61. The molecule has 0 radical (unpaired) electrons. The van der Waals surface area contributed by atoms with Gasteiger partial charge in [0.1, 0.15) is 0 Å². The minimum absolute atomic E-state index is 2.00. The first-order valence-corrected chi connectivity index (χ1v) is 3.44. The van der Waals surface area contributed by atoms with E-state index in [2.05, 4.69) is 0 Å². The van der Waals surface area contributed by atoms with E-state index < -0.39 is 8.25 Å². The first kappa shape index (κ1) is 10.8. The maximum Gasteiger partial charge on any atom is 0.314 e. The largest absolute Gasteiger partial charge is 0.326 e. The van der Waals surface area contributed by atoms with Gasteiger partial charge < -0.3 is 9.79 Å². The summed E-state index contributed by atoms with van der Waals surface area (Å²) in [5, 5.41) is 0. The summed E-state index contributed by atoms with van der Waals surface area (Å²) in [7, 11) is -3.13. The molecule has 0 amide bonds. The topological polar surface area (TPSA) is 57.5 Å². The second-order valence-electron chi connectivity index (χ2n) is 0.949. The van der Waals surface area contributed by atoms with E-state index in [9.17, 15) is 0 Å². The van der Waals surface area contributed by atoms with E-state index >= 15 is 0 Å². The Morgan fingerprint density at radius 2 is 1.38 bits per heavy atom. The van der Waals surface area contributed by atoms with Crippen LogP contribution in [0.15, 0.2) is 12.2 Å². The molecule has 3 nitrogen and oxygen atoms in total.